The summed E-state index contributed by atoms with van der Waals surface area (Å²) in [5, 5.41) is 0. The van der Waals surface area contributed by atoms with Gasteiger partial charge in [0.25, 0.3) is 0 Å². The summed E-state index contributed by atoms with van der Waals surface area (Å²) < 4.78 is 18.7. The summed E-state index contributed by atoms with van der Waals surface area (Å²) in [7, 11) is 0. The molecular weight excluding hydrogens is 271 g/mol. The molecule has 2 rings (SSSR count). The van der Waals surface area contributed by atoms with Gasteiger partial charge in [0.2, 0.25) is 0 Å². The number of likely N-dealkylation sites (tertiary alicyclic amines) is 1. The van der Waals surface area contributed by atoms with Crippen LogP contribution in [0.4, 0.5) is 9.18 Å². The molecule has 0 aliphatic carbocycles. The molecule has 1 aliphatic heterocycles. The van der Waals surface area contributed by atoms with E-state index < -0.39 is 5.60 Å². The number of hydrogen-bond donors (Lipinski definition) is 1. The first-order valence-corrected chi connectivity index (χ1v) is 7.25. The highest BCUT2D eigenvalue weighted by atomic mass is 19.1. The zero-order valence-corrected chi connectivity index (χ0v) is 12.8. The molecule has 1 aromatic rings. The highest BCUT2D eigenvalue weighted by Crippen LogP contribution is 2.28. The standard InChI is InChI=1S/C16H23FN2O2/c1-16(2,3)21-15(20)19-8-7-13(14(18)10-19)11-5-4-6-12(17)9-11/h4-6,9,13-14H,7-8,10,18H2,1-3H3/t13-,14-/m1/s1. The second-order valence-corrected chi connectivity index (χ2v) is 6.54. The summed E-state index contributed by atoms with van der Waals surface area (Å²) in [5.41, 5.74) is 6.56. The van der Waals surface area contributed by atoms with Crippen molar-refractivity contribution in [2.45, 2.75) is 44.8 Å². The first-order chi connectivity index (χ1) is 9.76. The van der Waals surface area contributed by atoms with Gasteiger partial charge in [0.15, 0.2) is 0 Å². The lowest BCUT2D eigenvalue weighted by molar-refractivity contribution is 0.0186. The number of rotatable bonds is 1. The molecule has 1 aromatic carbocycles. The van der Waals surface area contributed by atoms with Crippen LogP contribution in [0.3, 0.4) is 0 Å². The molecule has 1 fully saturated rings. The van der Waals surface area contributed by atoms with Gasteiger partial charge in [-0.2, -0.15) is 0 Å². The maximum Gasteiger partial charge on any atom is 0.410 e. The Labute approximate surface area is 125 Å². The van der Waals surface area contributed by atoms with Crippen LogP contribution in [0, 0.1) is 5.82 Å². The van der Waals surface area contributed by atoms with Gasteiger partial charge >= 0.3 is 6.09 Å². The van der Waals surface area contributed by atoms with Crippen molar-refractivity contribution >= 4 is 6.09 Å². The van der Waals surface area contributed by atoms with Crippen molar-refractivity contribution in [1.82, 2.24) is 4.90 Å². The third-order valence-corrected chi connectivity index (χ3v) is 3.59. The normalized spacial score (nSPS) is 23.0. The van der Waals surface area contributed by atoms with Crippen LogP contribution in [-0.2, 0) is 4.74 Å². The fraction of sp³-hybridized carbons (Fsp3) is 0.562. The molecule has 0 aromatic heterocycles. The van der Waals surface area contributed by atoms with Crippen molar-refractivity contribution in [3.05, 3.63) is 35.6 Å². The van der Waals surface area contributed by atoms with Crippen molar-refractivity contribution in [3.8, 4) is 0 Å². The molecule has 0 unspecified atom stereocenters. The van der Waals surface area contributed by atoms with Crippen molar-refractivity contribution in [2.75, 3.05) is 13.1 Å². The van der Waals surface area contributed by atoms with Gasteiger partial charge in [-0.25, -0.2) is 9.18 Å². The average Bonchev–Trinajstić information content (AvgIpc) is 2.36. The Morgan fingerprint density at radius 3 is 2.71 bits per heavy atom. The van der Waals surface area contributed by atoms with Crippen molar-refractivity contribution in [1.29, 1.82) is 0 Å². The van der Waals surface area contributed by atoms with E-state index in [4.69, 9.17) is 10.5 Å². The minimum atomic E-state index is -0.513. The predicted octanol–water partition coefficient (Wildman–Crippen LogP) is 2.88. The van der Waals surface area contributed by atoms with Gasteiger partial charge < -0.3 is 15.4 Å². The first kappa shape index (κ1) is 15.8. The fourth-order valence-corrected chi connectivity index (χ4v) is 2.63. The van der Waals surface area contributed by atoms with E-state index in [-0.39, 0.29) is 23.9 Å². The van der Waals surface area contributed by atoms with Crippen molar-refractivity contribution in [2.24, 2.45) is 5.73 Å². The molecule has 1 aliphatic rings. The summed E-state index contributed by atoms with van der Waals surface area (Å²) in [5.74, 6) is -0.186. The Kier molecular flexibility index (Phi) is 4.52. The van der Waals surface area contributed by atoms with E-state index >= 15 is 0 Å². The predicted molar refractivity (Wildman–Crippen MR) is 79.5 cm³/mol. The molecule has 0 spiro atoms. The number of benzene rings is 1. The first-order valence-electron chi connectivity index (χ1n) is 7.25. The van der Waals surface area contributed by atoms with Crippen molar-refractivity contribution in [3.63, 3.8) is 0 Å². The molecule has 1 amide bonds. The third kappa shape index (κ3) is 4.17. The molecule has 2 N–H and O–H groups in total. The molecule has 0 bridgehead atoms. The lowest BCUT2D eigenvalue weighted by Gasteiger charge is -2.37. The Morgan fingerprint density at radius 1 is 1.43 bits per heavy atom. The van der Waals surface area contributed by atoms with Gasteiger partial charge in [-0.3, -0.25) is 0 Å². The Balaban J connectivity index is 2.01. The number of nitrogens with two attached hydrogens (primary N) is 1. The highest BCUT2D eigenvalue weighted by molar-refractivity contribution is 5.68. The lowest BCUT2D eigenvalue weighted by atomic mass is 9.86. The number of carbonyl (C=O) groups excluding carboxylic acids is 1. The SMILES string of the molecule is CC(C)(C)OC(=O)N1CC[C@H](c2cccc(F)c2)[C@H](N)C1. The Bertz CT molecular complexity index is 513. The van der Waals surface area contributed by atoms with E-state index in [1.54, 1.807) is 11.0 Å². The summed E-state index contributed by atoms with van der Waals surface area (Å²) in [4.78, 5) is 13.7. The molecule has 1 heterocycles. The molecule has 0 saturated carbocycles. The molecule has 1 saturated heterocycles. The van der Waals surface area contributed by atoms with Crippen LogP contribution in [0.15, 0.2) is 24.3 Å². The van der Waals surface area contributed by atoms with Gasteiger partial charge in [-0.15, -0.1) is 0 Å². The zero-order valence-electron chi connectivity index (χ0n) is 12.8. The number of piperidine rings is 1. The van der Waals surface area contributed by atoms with Crippen molar-refractivity contribution < 1.29 is 13.9 Å². The van der Waals surface area contributed by atoms with Gasteiger partial charge in [0.05, 0.1) is 0 Å². The topological polar surface area (TPSA) is 55.6 Å². The minimum Gasteiger partial charge on any atom is -0.444 e. The number of halogens is 1. The molecule has 4 nitrogen and oxygen atoms in total. The van der Waals surface area contributed by atoms with E-state index in [9.17, 15) is 9.18 Å². The van der Waals surface area contributed by atoms with E-state index in [2.05, 4.69) is 0 Å². The maximum atomic E-state index is 13.3. The molecule has 21 heavy (non-hydrogen) atoms. The van der Waals surface area contributed by atoms with Crippen LogP contribution < -0.4 is 5.73 Å². The molecule has 2 atom stereocenters. The fourth-order valence-electron chi connectivity index (χ4n) is 2.63. The quantitative estimate of drug-likeness (QED) is 0.866. The monoisotopic (exact) mass is 294 g/mol. The second kappa shape index (κ2) is 6.02. The van der Waals surface area contributed by atoms with E-state index in [0.717, 1.165) is 5.56 Å². The number of hydrogen-bond acceptors (Lipinski definition) is 3. The van der Waals surface area contributed by atoms with E-state index in [1.165, 1.54) is 12.1 Å². The highest BCUT2D eigenvalue weighted by Gasteiger charge is 2.32. The van der Waals surface area contributed by atoms with E-state index in [1.807, 2.05) is 26.8 Å². The number of amides is 1. The summed E-state index contributed by atoms with van der Waals surface area (Å²) in [6.07, 6.45) is 0.375. The van der Waals surface area contributed by atoms with Gasteiger partial charge in [0.1, 0.15) is 11.4 Å². The Hall–Kier alpha value is -1.62. The Morgan fingerprint density at radius 2 is 2.14 bits per heavy atom. The largest absolute Gasteiger partial charge is 0.444 e. The maximum absolute atomic E-state index is 13.3. The van der Waals surface area contributed by atoms with Gasteiger partial charge in [-0.1, -0.05) is 12.1 Å². The molecule has 116 valence electrons. The van der Waals surface area contributed by atoms with Crippen LogP contribution in [0.25, 0.3) is 0 Å². The smallest absolute Gasteiger partial charge is 0.410 e. The molecular formula is C16H23FN2O2. The molecule has 0 radical (unpaired) electrons. The zero-order chi connectivity index (χ0) is 15.6. The van der Waals surface area contributed by atoms with E-state index in [0.29, 0.717) is 19.5 Å². The number of carbonyl (C=O) groups is 1. The minimum absolute atomic E-state index is 0.0689. The summed E-state index contributed by atoms with van der Waals surface area (Å²) >= 11 is 0. The summed E-state index contributed by atoms with van der Waals surface area (Å²) in [6.45, 7) is 6.51. The number of ether oxygens (including phenoxy) is 1. The lowest BCUT2D eigenvalue weighted by Crippen LogP contribution is -2.50. The van der Waals surface area contributed by atoms with Crippen LogP contribution in [-0.4, -0.2) is 35.7 Å². The second-order valence-electron chi connectivity index (χ2n) is 6.54. The van der Waals surface area contributed by atoms with Crippen LogP contribution in [0.5, 0.6) is 0 Å². The average molecular weight is 294 g/mol. The van der Waals surface area contributed by atoms with Gasteiger partial charge in [0, 0.05) is 25.0 Å². The van der Waals surface area contributed by atoms with Crippen LogP contribution in [0.2, 0.25) is 0 Å². The van der Waals surface area contributed by atoms with Gasteiger partial charge in [-0.05, 0) is 44.9 Å². The van der Waals surface area contributed by atoms with Crippen LogP contribution in [0.1, 0.15) is 38.7 Å². The van der Waals surface area contributed by atoms with Crippen LogP contribution >= 0.6 is 0 Å². The molecule has 5 heteroatoms. The third-order valence-electron chi connectivity index (χ3n) is 3.59. The summed E-state index contributed by atoms with van der Waals surface area (Å²) in [6, 6.07) is 6.31. The number of nitrogens with zero attached hydrogens (tertiary/aromatic N) is 1.